The first kappa shape index (κ1) is 23.6. The van der Waals surface area contributed by atoms with Gasteiger partial charge in [-0.05, 0) is 68.0 Å². The molecule has 2 aromatic carbocycles. The molecule has 1 saturated carbocycles. The maximum absolute atomic E-state index is 9.21. The molecule has 2 fully saturated rings. The van der Waals surface area contributed by atoms with Crippen molar-refractivity contribution >= 4 is 16.7 Å². The van der Waals surface area contributed by atoms with Gasteiger partial charge in [-0.3, -0.25) is 4.98 Å². The molecule has 5 nitrogen and oxygen atoms in total. The maximum atomic E-state index is 9.21. The third kappa shape index (κ3) is 4.58. The van der Waals surface area contributed by atoms with Crippen LogP contribution in [0.15, 0.2) is 67.0 Å². The van der Waals surface area contributed by atoms with E-state index in [9.17, 15) is 5.26 Å². The summed E-state index contributed by atoms with van der Waals surface area (Å²) >= 11 is 0. The second-order valence-corrected chi connectivity index (χ2v) is 10.5. The molecule has 0 spiro atoms. The smallest absolute Gasteiger partial charge is 0.128 e. The first-order valence-corrected chi connectivity index (χ1v) is 13.4. The highest BCUT2D eigenvalue weighted by molar-refractivity contribution is 5.98. The largest absolute Gasteiger partial charge is 0.372 e. The van der Waals surface area contributed by atoms with Gasteiger partial charge in [0, 0.05) is 47.6 Å². The second-order valence-electron chi connectivity index (χ2n) is 10.5. The van der Waals surface area contributed by atoms with Gasteiger partial charge < -0.3 is 9.64 Å². The summed E-state index contributed by atoms with van der Waals surface area (Å²) in [6, 6.07) is 20.9. The molecule has 2 aliphatic rings. The first-order chi connectivity index (χ1) is 18.1. The van der Waals surface area contributed by atoms with Gasteiger partial charge in [0.25, 0.3) is 0 Å². The molecule has 3 heterocycles. The lowest BCUT2D eigenvalue weighted by Gasteiger charge is -2.36. The van der Waals surface area contributed by atoms with Gasteiger partial charge in [-0.15, -0.1) is 0 Å². The number of fused-ring (bicyclic) bond motifs is 1. The van der Waals surface area contributed by atoms with E-state index in [-0.39, 0.29) is 12.2 Å². The number of hydrogen-bond donors (Lipinski definition) is 0. The van der Waals surface area contributed by atoms with Crippen LogP contribution < -0.4 is 4.90 Å². The van der Waals surface area contributed by atoms with Gasteiger partial charge in [-0.2, -0.15) is 5.26 Å². The van der Waals surface area contributed by atoms with Crippen molar-refractivity contribution in [3.63, 3.8) is 0 Å². The molecule has 37 heavy (non-hydrogen) atoms. The number of benzene rings is 2. The van der Waals surface area contributed by atoms with Gasteiger partial charge in [-0.25, -0.2) is 4.98 Å². The number of nitriles is 1. The predicted octanol–water partition coefficient (Wildman–Crippen LogP) is 7.11. The average Bonchev–Trinajstić information content (AvgIpc) is 3.46. The molecule has 6 rings (SSSR count). The summed E-state index contributed by atoms with van der Waals surface area (Å²) < 4.78 is 5.91. The standard InChI is InChI=1S/C32H32N4O/c1-21-19-36(20-22(2)37-21)30-15-14-26(17-34-30)29-18-35-32-27(24-12-10-23(16-33)11-13-24)8-5-9-28(32)31(29)25-6-3-4-7-25/h5,8-15,17-18,21-22,25H,3-4,6-7,19-20H2,1-2H3. The van der Waals surface area contributed by atoms with Crippen LogP contribution in [0, 0.1) is 11.3 Å². The van der Waals surface area contributed by atoms with E-state index in [0.29, 0.717) is 11.5 Å². The molecule has 0 radical (unpaired) electrons. The molecular weight excluding hydrogens is 456 g/mol. The molecule has 4 aromatic rings. The lowest BCUT2D eigenvalue weighted by atomic mass is 9.86. The zero-order valence-electron chi connectivity index (χ0n) is 21.5. The van der Waals surface area contributed by atoms with Gasteiger partial charge in [0.05, 0.1) is 29.4 Å². The Morgan fingerprint density at radius 2 is 1.57 bits per heavy atom. The number of nitrogens with zero attached hydrogens (tertiary/aromatic N) is 4. The Kier molecular flexibility index (Phi) is 6.36. The van der Waals surface area contributed by atoms with E-state index in [4.69, 9.17) is 14.7 Å². The van der Waals surface area contributed by atoms with Crippen LogP contribution in [0.25, 0.3) is 33.2 Å². The van der Waals surface area contributed by atoms with Gasteiger partial charge in [0.15, 0.2) is 0 Å². The van der Waals surface area contributed by atoms with Crippen LogP contribution in [0.1, 0.15) is 56.6 Å². The number of morpholine rings is 1. The van der Waals surface area contributed by atoms with Gasteiger partial charge in [-0.1, -0.05) is 43.2 Å². The Balaban J connectivity index is 1.43. The van der Waals surface area contributed by atoms with E-state index in [2.05, 4.69) is 61.3 Å². The third-order valence-corrected chi connectivity index (χ3v) is 7.83. The van der Waals surface area contributed by atoms with E-state index in [0.717, 1.165) is 41.1 Å². The molecule has 0 bridgehead atoms. The zero-order valence-corrected chi connectivity index (χ0v) is 21.5. The van der Waals surface area contributed by atoms with Crippen LogP contribution in [0.4, 0.5) is 5.82 Å². The number of aromatic nitrogens is 2. The van der Waals surface area contributed by atoms with Crippen LogP contribution in [0.3, 0.4) is 0 Å². The fourth-order valence-corrected chi connectivity index (χ4v) is 6.18. The monoisotopic (exact) mass is 488 g/mol. The normalized spacial score (nSPS) is 20.3. The highest BCUT2D eigenvalue weighted by Gasteiger charge is 2.26. The van der Waals surface area contributed by atoms with E-state index in [1.807, 2.05) is 30.5 Å². The quantitative estimate of drug-likeness (QED) is 0.306. The second kappa shape index (κ2) is 9.95. The molecular formula is C32H32N4O. The van der Waals surface area contributed by atoms with E-state index < -0.39 is 0 Å². The minimum absolute atomic E-state index is 0.203. The van der Waals surface area contributed by atoms with Gasteiger partial charge in [0.1, 0.15) is 5.82 Å². The summed E-state index contributed by atoms with van der Waals surface area (Å²) in [7, 11) is 0. The van der Waals surface area contributed by atoms with Crippen LogP contribution in [-0.2, 0) is 4.74 Å². The van der Waals surface area contributed by atoms with Crippen molar-refractivity contribution in [2.75, 3.05) is 18.0 Å². The summed E-state index contributed by atoms with van der Waals surface area (Å²) in [5.41, 5.74) is 7.61. The van der Waals surface area contributed by atoms with Crippen molar-refractivity contribution in [3.05, 3.63) is 78.1 Å². The molecule has 1 aliphatic carbocycles. The maximum Gasteiger partial charge on any atom is 0.128 e. The molecule has 1 aliphatic heterocycles. The third-order valence-electron chi connectivity index (χ3n) is 7.83. The summed E-state index contributed by atoms with van der Waals surface area (Å²) in [4.78, 5) is 12.2. The Morgan fingerprint density at radius 1 is 0.838 bits per heavy atom. The summed E-state index contributed by atoms with van der Waals surface area (Å²) in [5, 5.41) is 10.4. The molecule has 2 atom stereocenters. The first-order valence-electron chi connectivity index (χ1n) is 13.4. The van der Waals surface area contributed by atoms with Gasteiger partial charge in [0.2, 0.25) is 0 Å². The Labute approximate surface area is 218 Å². The summed E-state index contributed by atoms with van der Waals surface area (Å²) in [6.07, 6.45) is 9.44. The fraction of sp³-hybridized carbons (Fsp3) is 0.344. The van der Waals surface area contributed by atoms with Crippen LogP contribution in [0.2, 0.25) is 0 Å². The van der Waals surface area contributed by atoms with Crippen molar-refractivity contribution in [1.82, 2.24) is 9.97 Å². The number of ether oxygens (including phenoxy) is 1. The number of pyridine rings is 2. The van der Waals surface area contributed by atoms with Crippen molar-refractivity contribution in [3.8, 4) is 28.3 Å². The lowest BCUT2D eigenvalue weighted by molar-refractivity contribution is -0.00545. The minimum atomic E-state index is 0.203. The van der Waals surface area contributed by atoms with Gasteiger partial charge >= 0.3 is 0 Å². The Hall–Kier alpha value is -3.75. The highest BCUT2D eigenvalue weighted by Crippen LogP contribution is 2.44. The number of anilines is 1. The summed E-state index contributed by atoms with van der Waals surface area (Å²) in [5.74, 6) is 1.53. The highest BCUT2D eigenvalue weighted by atomic mass is 16.5. The SMILES string of the molecule is CC1CN(c2ccc(-c3cnc4c(-c5ccc(C#N)cc5)cccc4c3C3CCCC3)cn2)CC(C)O1. The Bertz CT molecular complexity index is 1440. The topological polar surface area (TPSA) is 62.0 Å². The van der Waals surface area contributed by atoms with Crippen LogP contribution in [0.5, 0.6) is 0 Å². The number of para-hydroxylation sites is 1. The molecule has 0 amide bonds. The summed E-state index contributed by atoms with van der Waals surface area (Å²) in [6.45, 7) is 5.97. The Morgan fingerprint density at radius 3 is 2.24 bits per heavy atom. The van der Waals surface area contributed by atoms with Crippen LogP contribution in [-0.4, -0.2) is 35.3 Å². The predicted molar refractivity (Wildman–Crippen MR) is 149 cm³/mol. The molecule has 1 saturated heterocycles. The lowest BCUT2D eigenvalue weighted by Crippen LogP contribution is -2.45. The van der Waals surface area contributed by atoms with E-state index in [1.54, 1.807) is 0 Å². The number of hydrogen-bond acceptors (Lipinski definition) is 5. The fourth-order valence-electron chi connectivity index (χ4n) is 6.18. The zero-order chi connectivity index (χ0) is 25.4. The molecule has 2 unspecified atom stereocenters. The van der Waals surface area contributed by atoms with E-state index in [1.165, 1.54) is 42.2 Å². The molecule has 2 aromatic heterocycles. The van der Waals surface area contributed by atoms with Crippen molar-refractivity contribution in [1.29, 1.82) is 5.26 Å². The van der Waals surface area contributed by atoms with Crippen LogP contribution >= 0.6 is 0 Å². The van der Waals surface area contributed by atoms with E-state index >= 15 is 0 Å². The molecule has 0 N–H and O–H groups in total. The molecule has 186 valence electrons. The van der Waals surface area contributed by atoms with Crippen molar-refractivity contribution in [2.45, 2.75) is 57.7 Å². The average molecular weight is 489 g/mol. The van der Waals surface area contributed by atoms with Crippen molar-refractivity contribution in [2.24, 2.45) is 0 Å². The minimum Gasteiger partial charge on any atom is -0.372 e. The van der Waals surface area contributed by atoms with Crippen molar-refractivity contribution < 1.29 is 4.74 Å². The molecule has 5 heteroatoms. The number of rotatable bonds is 4.